The Hall–Kier alpha value is -2.04. The van der Waals surface area contributed by atoms with Crippen molar-refractivity contribution in [1.29, 1.82) is 0 Å². The summed E-state index contributed by atoms with van der Waals surface area (Å²) in [6, 6.07) is 7.92. The van der Waals surface area contributed by atoms with E-state index in [0.29, 0.717) is 0 Å². The van der Waals surface area contributed by atoms with Crippen molar-refractivity contribution in [2.24, 2.45) is 5.11 Å². The summed E-state index contributed by atoms with van der Waals surface area (Å²) in [5.41, 5.74) is 8.97. The Morgan fingerprint density at radius 1 is 1.62 bits per heavy atom. The summed E-state index contributed by atoms with van der Waals surface area (Å²) in [7, 11) is 0. The van der Waals surface area contributed by atoms with Gasteiger partial charge in [-0.1, -0.05) is 35.4 Å². The van der Waals surface area contributed by atoms with Crippen molar-refractivity contribution in [2.75, 3.05) is 6.61 Å². The predicted molar refractivity (Wildman–Crippen MR) is 68.9 cm³/mol. The van der Waals surface area contributed by atoms with Crippen molar-refractivity contribution in [2.45, 2.75) is 12.6 Å². The van der Waals surface area contributed by atoms with E-state index in [9.17, 15) is 4.79 Å². The Morgan fingerprint density at radius 3 is 2.88 bits per heavy atom. The zero-order chi connectivity index (χ0) is 21.8. The number of esters is 1. The average molecular weight is 244 g/mol. The van der Waals surface area contributed by atoms with Crippen LogP contribution >= 0.6 is 0 Å². The van der Waals surface area contributed by atoms with E-state index in [1.807, 2.05) is 18.2 Å². The first-order chi connectivity index (χ1) is 12.8. The fourth-order valence-electron chi connectivity index (χ4n) is 1.05. The largest absolute Gasteiger partial charge is 0.460 e. The molecule has 1 atom stereocenters. The molecule has 0 saturated carbocycles. The molecule has 0 unspecified atom stereocenters. The van der Waals surface area contributed by atoms with Crippen LogP contribution in [0.5, 0.6) is 0 Å². The van der Waals surface area contributed by atoms with Gasteiger partial charge in [0.15, 0.2) is 6.04 Å². The molecule has 1 N–H and O–H groups in total. The van der Waals surface area contributed by atoms with Crippen LogP contribution in [0.1, 0.15) is 21.8 Å². The molecular weight excluding hydrogens is 210 g/mol. The topological polar surface area (TPSA) is 95.3 Å². The molecule has 16 heavy (non-hydrogen) atoms. The van der Waals surface area contributed by atoms with Crippen LogP contribution in [0.4, 0.5) is 0 Å². The first-order valence-corrected chi connectivity index (χ1v) is 4.63. The summed E-state index contributed by atoms with van der Waals surface area (Å²) in [6.07, 6.45) is 0. The van der Waals surface area contributed by atoms with Gasteiger partial charge in [0, 0.05) is 21.2 Å². The van der Waals surface area contributed by atoms with Gasteiger partial charge in [-0.05, 0) is 11.1 Å². The molecule has 0 radical (unpaired) electrons. The molecule has 0 fully saturated rings. The molecule has 6 heteroatoms. The third-order valence-electron chi connectivity index (χ3n) is 1.86. The molecule has 96 valence electrons. The zero-order valence-electron chi connectivity index (χ0n) is 18.5. The first-order valence-electron chi connectivity index (χ1n) is 9.63. The second kappa shape index (κ2) is 6.44. The van der Waals surface area contributed by atoms with Crippen LogP contribution in [0.3, 0.4) is 0 Å². The maximum Gasteiger partial charge on any atom is 0.317 e. The van der Waals surface area contributed by atoms with E-state index >= 15 is 0 Å². The summed E-state index contributed by atoms with van der Waals surface area (Å²) >= 11 is 0. The van der Waals surface area contributed by atoms with Gasteiger partial charge in [0.2, 0.25) is 0 Å². The number of hydrogen-bond donors (Lipinski definition) is 1. The normalized spacial score (nSPS) is 13.8. The Kier molecular flexibility index (Phi) is 2.63. The molecule has 0 aliphatic carbocycles. The second-order valence-corrected chi connectivity index (χ2v) is 3.00. The maximum absolute atomic E-state index is 11.3. The third kappa shape index (κ3) is 3.61. The highest BCUT2D eigenvalue weighted by molar-refractivity contribution is 5.76. The highest BCUT2D eigenvalue weighted by Gasteiger charge is 2.16. The molecule has 0 aliphatic heterocycles. The van der Waals surface area contributed by atoms with E-state index in [-0.39, 0.29) is 8.03 Å². The van der Waals surface area contributed by atoms with E-state index in [0.717, 1.165) is 5.56 Å². The molecule has 0 bridgehead atoms. The molecule has 0 amide bonds. The molecule has 6 nitrogen and oxygen atoms in total. The number of rotatable bonds is 5. The van der Waals surface area contributed by atoms with Gasteiger partial charge in [0.1, 0.15) is 6.61 Å². The molecule has 1 aromatic carbocycles. The summed E-state index contributed by atoms with van der Waals surface area (Å²) in [4.78, 5) is 13.7. The summed E-state index contributed by atoms with van der Waals surface area (Å²) in [6.45, 7) is -0.463. The van der Waals surface area contributed by atoms with Crippen molar-refractivity contribution in [3.05, 3.63) is 46.3 Å². The number of azide groups is 1. The molecule has 0 spiro atoms. The molecule has 1 aromatic rings. The van der Waals surface area contributed by atoms with Gasteiger partial charge >= 0.3 is 5.97 Å². The molecule has 0 aromatic heterocycles. The van der Waals surface area contributed by atoms with Gasteiger partial charge in [-0.15, -0.1) is 0 Å². The molecule has 0 aliphatic rings. The monoisotopic (exact) mass is 244 g/mol. The Labute approximate surface area is 109 Å². The van der Waals surface area contributed by atoms with Gasteiger partial charge < -0.3 is 9.84 Å². The van der Waals surface area contributed by atoms with Gasteiger partial charge in [-0.25, -0.2) is 0 Å². The van der Waals surface area contributed by atoms with Gasteiger partial charge in [-0.2, -0.15) is 0 Å². The van der Waals surface area contributed by atoms with Crippen molar-refractivity contribution < 1.29 is 30.9 Å². The summed E-state index contributed by atoms with van der Waals surface area (Å²) in [5.74, 6) is -0.732. The van der Waals surface area contributed by atoms with Crippen molar-refractivity contribution >= 4 is 5.97 Å². The van der Waals surface area contributed by atoms with Crippen molar-refractivity contribution in [3.8, 4) is 0 Å². The summed E-state index contributed by atoms with van der Waals surface area (Å²) in [5, 5.41) is 11.9. The van der Waals surface area contributed by atoms with Crippen LogP contribution in [0, 0.1) is 0 Å². The van der Waals surface area contributed by atoms with Crippen LogP contribution in [-0.2, 0) is 16.1 Å². The van der Waals surface area contributed by atoms with Crippen LogP contribution in [0.15, 0.2) is 35.4 Å². The minimum absolute atomic E-state index is 0. The number of aliphatic hydroxyl groups is 1. The molecule has 0 saturated heterocycles. The van der Waals surface area contributed by atoms with Crippen molar-refractivity contribution in [1.82, 2.24) is 0 Å². The lowest BCUT2D eigenvalue weighted by molar-refractivity contribution is -0.147. The Balaban J connectivity index is -0.0000000869. The van der Waals surface area contributed by atoms with E-state index < -0.39 is 18.6 Å². The van der Waals surface area contributed by atoms with E-state index in [2.05, 4.69) is 10.0 Å². The van der Waals surface area contributed by atoms with Crippen LogP contribution < -0.4 is 0 Å². The number of carbonyl (C=O) groups is 1. The smallest absolute Gasteiger partial charge is 0.317 e. The van der Waals surface area contributed by atoms with Crippen molar-refractivity contribution in [3.63, 3.8) is 0 Å². The lowest BCUT2D eigenvalue weighted by atomic mass is 10.2. The minimum atomic E-state index is -1.17. The van der Waals surface area contributed by atoms with Crippen LogP contribution in [-0.4, -0.2) is 23.7 Å². The molecular formula is C10H23N3O3. The van der Waals surface area contributed by atoms with E-state index in [4.69, 9.17) is 30.2 Å². The van der Waals surface area contributed by atoms with Crippen LogP contribution in [0.2, 0.25) is 0 Å². The number of benzene rings is 1. The maximum atomic E-state index is 11.3. The zero-order valence-corrected chi connectivity index (χ0v) is 8.48. The van der Waals surface area contributed by atoms with Crippen LogP contribution in [0.25, 0.3) is 10.4 Å². The highest BCUT2D eigenvalue weighted by atomic mass is 16.5. The lowest BCUT2D eigenvalue weighted by Crippen LogP contribution is -2.24. The lowest BCUT2D eigenvalue weighted by Gasteiger charge is -2.08. The van der Waals surface area contributed by atoms with E-state index in [1.54, 1.807) is 12.1 Å². The molecule has 1 rings (SSSR count). The second-order valence-electron chi connectivity index (χ2n) is 3.00. The quantitative estimate of drug-likeness (QED) is 0.373. The first kappa shape index (κ1) is 6.52. The average Bonchev–Trinajstić information content (AvgIpc) is 2.78. The molecule has 0 heterocycles. The van der Waals surface area contributed by atoms with Gasteiger partial charge in [0.05, 0.1) is 6.61 Å². The number of carbonyl (C=O) groups excluding carboxylic acids is 1. The summed E-state index contributed by atoms with van der Waals surface area (Å²) < 4.78 is 54.9. The fourth-order valence-corrected chi connectivity index (χ4v) is 1.05. The SMILES string of the molecule is [2HH].[2H][2H].[2H][2H].[2H][2H].[2H][2H].[2H][2H].[N-]=[N+]=N[C@@H](CO)C(=O)OCc1ccccc1. The van der Waals surface area contributed by atoms with Gasteiger partial charge in [-0.3, -0.25) is 4.79 Å². The number of hydrogen-bond acceptors (Lipinski definition) is 4. The highest BCUT2D eigenvalue weighted by Crippen LogP contribution is 2.03. The van der Waals surface area contributed by atoms with Gasteiger partial charge in [0.25, 0.3) is 0 Å². The van der Waals surface area contributed by atoms with E-state index in [1.165, 1.54) is 0 Å². The number of aliphatic hydroxyl groups excluding tert-OH is 1. The third-order valence-corrected chi connectivity index (χ3v) is 1.86. The fraction of sp³-hybridized carbons (Fsp3) is 0.300. The number of nitrogens with zero attached hydrogens (tertiary/aromatic N) is 3. The number of ether oxygens (including phenoxy) is 1. The Bertz CT molecular complexity index is 414. The Morgan fingerprint density at radius 2 is 2.31 bits per heavy atom. The standard InChI is InChI=1S/C10H11N3O3.6H2/c11-13-12-9(6-14)10(15)16-7-8-4-2-1-3-5-8;;;;;;/h1-5,9,14H,6-7H2;6*1H/t9-;;;;;;/m0....../s1/i;5*1+1D;1+1. The predicted octanol–water partition coefficient (Wildman–Crippen LogP) is 2.88. The minimum Gasteiger partial charge on any atom is -0.460 e.